The van der Waals surface area contributed by atoms with E-state index in [2.05, 4.69) is 5.32 Å². The Kier molecular flexibility index (Phi) is 5.41. The van der Waals surface area contributed by atoms with Crippen molar-refractivity contribution in [2.24, 2.45) is 11.1 Å². The van der Waals surface area contributed by atoms with Gasteiger partial charge in [-0.2, -0.15) is 0 Å². The number of halogens is 2. The molecule has 0 atom stereocenters. The summed E-state index contributed by atoms with van der Waals surface area (Å²) in [5.74, 6) is -0.728. The maximum Gasteiger partial charge on any atom is 0.231 e. The third-order valence-corrected chi connectivity index (χ3v) is 2.25. The van der Waals surface area contributed by atoms with Crippen LogP contribution in [0.1, 0.15) is 13.8 Å². The first kappa shape index (κ1) is 14.9. The van der Waals surface area contributed by atoms with Crippen molar-refractivity contribution in [3.8, 4) is 0 Å². The van der Waals surface area contributed by atoms with Crippen molar-refractivity contribution in [2.75, 3.05) is 11.9 Å². The Morgan fingerprint density at radius 1 is 1.44 bits per heavy atom. The summed E-state index contributed by atoms with van der Waals surface area (Å²) in [4.78, 5) is 11.7. The van der Waals surface area contributed by atoms with Gasteiger partial charge in [-0.3, -0.25) is 4.79 Å². The highest BCUT2D eigenvalue weighted by atomic mass is 35.5. The van der Waals surface area contributed by atoms with Crippen LogP contribution in [0.2, 0.25) is 0 Å². The molecule has 3 nitrogen and oxygen atoms in total. The molecule has 0 radical (unpaired) electrons. The Morgan fingerprint density at radius 2 is 2.00 bits per heavy atom. The molecule has 3 N–H and O–H groups in total. The van der Waals surface area contributed by atoms with Crippen LogP contribution in [0.15, 0.2) is 24.3 Å². The maximum absolute atomic E-state index is 13.2. The van der Waals surface area contributed by atoms with Crippen molar-refractivity contribution in [1.29, 1.82) is 0 Å². The lowest BCUT2D eigenvalue weighted by molar-refractivity contribution is -0.123. The number of amides is 1. The van der Waals surface area contributed by atoms with E-state index >= 15 is 0 Å². The van der Waals surface area contributed by atoms with Crippen LogP contribution in [0.5, 0.6) is 0 Å². The van der Waals surface area contributed by atoms with Gasteiger partial charge < -0.3 is 11.1 Å². The van der Waals surface area contributed by atoms with Gasteiger partial charge in [-0.05, 0) is 26.0 Å². The molecule has 0 heterocycles. The molecular formula is C11H16ClFN2O. The summed E-state index contributed by atoms with van der Waals surface area (Å²) in [6.07, 6.45) is 0. The lowest BCUT2D eigenvalue weighted by Crippen LogP contribution is -2.37. The van der Waals surface area contributed by atoms with E-state index in [1.807, 2.05) is 0 Å². The largest absolute Gasteiger partial charge is 0.329 e. The molecule has 5 heteroatoms. The lowest BCUT2D eigenvalue weighted by Gasteiger charge is -2.21. The molecule has 0 aliphatic rings. The lowest BCUT2D eigenvalue weighted by atomic mass is 9.92. The van der Waals surface area contributed by atoms with Crippen molar-refractivity contribution in [1.82, 2.24) is 0 Å². The number of para-hydroxylation sites is 1. The molecule has 1 rings (SSSR count). The standard InChI is InChI=1S/C11H15FN2O.ClH/c1-11(2,7-13)10(15)14-9-6-4-3-5-8(9)12;/h3-6H,7,13H2,1-2H3,(H,14,15);1H. The number of anilines is 1. The predicted octanol–water partition coefficient (Wildman–Crippen LogP) is 2.17. The Morgan fingerprint density at radius 3 is 2.50 bits per heavy atom. The molecule has 0 fully saturated rings. The molecular weight excluding hydrogens is 231 g/mol. The van der Waals surface area contributed by atoms with Gasteiger partial charge in [0.05, 0.1) is 11.1 Å². The molecule has 1 aromatic rings. The summed E-state index contributed by atoms with van der Waals surface area (Å²) < 4.78 is 13.2. The molecule has 0 saturated carbocycles. The third-order valence-electron chi connectivity index (χ3n) is 2.25. The van der Waals surface area contributed by atoms with E-state index in [1.165, 1.54) is 12.1 Å². The van der Waals surface area contributed by atoms with Crippen molar-refractivity contribution in [3.63, 3.8) is 0 Å². The van der Waals surface area contributed by atoms with E-state index in [0.29, 0.717) is 0 Å². The van der Waals surface area contributed by atoms with E-state index in [0.717, 1.165) is 0 Å². The Hall–Kier alpha value is -1.13. The number of nitrogens with one attached hydrogen (secondary N) is 1. The number of carbonyl (C=O) groups excluding carboxylic acids is 1. The van der Waals surface area contributed by atoms with Crippen LogP contribution in [-0.2, 0) is 4.79 Å². The fraction of sp³-hybridized carbons (Fsp3) is 0.364. The number of hydrogen-bond acceptors (Lipinski definition) is 2. The molecule has 0 aliphatic heterocycles. The second-order valence-corrected chi connectivity index (χ2v) is 4.02. The van der Waals surface area contributed by atoms with Gasteiger partial charge in [0.1, 0.15) is 5.82 Å². The highest BCUT2D eigenvalue weighted by molar-refractivity contribution is 5.95. The normalized spacial score (nSPS) is 10.5. The monoisotopic (exact) mass is 246 g/mol. The van der Waals surface area contributed by atoms with E-state index in [1.54, 1.807) is 26.0 Å². The molecule has 1 aromatic carbocycles. The smallest absolute Gasteiger partial charge is 0.231 e. The van der Waals surface area contributed by atoms with Crippen LogP contribution in [0.3, 0.4) is 0 Å². The average molecular weight is 247 g/mol. The van der Waals surface area contributed by atoms with Crippen LogP contribution in [0, 0.1) is 11.2 Å². The fourth-order valence-corrected chi connectivity index (χ4v) is 0.947. The average Bonchev–Trinajstić information content (AvgIpc) is 2.21. The number of hydrogen-bond donors (Lipinski definition) is 2. The number of rotatable bonds is 3. The molecule has 0 spiro atoms. The molecule has 0 unspecified atom stereocenters. The molecule has 0 saturated heterocycles. The topological polar surface area (TPSA) is 55.1 Å². The zero-order valence-electron chi connectivity index (χ0n) is 9.29. The Bertz CT molecular complexity index is 369. The van der Waals surface area contributed by atoms with Crippen LogP contribution < -0.4 is 11.1 Å². The minimum atomic E-state index is -0.692. The number of nitrogens with two attached hydrogens (primary N) is 1. The van der Waals surface area contributed by atoms with E-state index in [-0.39, 0.29) is 30.5 Å². The molecule has 1 amide bonds. The molecule has 90 valence electrons. The van der Waals surface area contributed by atoms with Crippen molar-refractivity contribution >= 4 is 24.0 Å². The third kappa shape index (κ3) is 3.47. The van der Waals surface area contributed by atoms with Gasteiger partial charge in [-0.25, -0.2) is 4.39 Å². The maximum atomic E-state index is 13.2. The van der Waals surface area contributed by atoms with Gasteiger partial charge in [0, 0.05) is 6.54 Å². The highest BCUT2D eigenvalue weighted by Gasteiger charge is 2.26. The van der Waals surface area contributed by atoms with Crippen molar-refractivity contribution in [3.05, 3.63) is 30.1 Å². The summed E-state index contributed by atoms with van der Waals surface area (Å²) in [6, 6.07) is 6.04. The minimum absolute atomic E-state index is 0. The number of carbonyl (C=O) groups is 1. The van der Waals surface area contributed by atoms with Gasteiger partial charge >= 0.3 is 0 Å². The summed E-state index contributed by atoms with van der Waals surface area (Å²) in [6.45, 7) is 3.64. The van der Waals surface area contributed by atoms with E-state index in [4.69, 9.17) is 5.73 Å². The molecule has 0 aromatic heterocycles. The van der Waals surface area contributed by atoms with Crippen molar-refractivity contribution < 1.29 is 9.18 Å². The molecule has 16 heavy (non-hydrogen) atoms. The second-order valence-electron chi connectivity index (χ2n) is 4.02. The molecule has 0 aliphatic carbocycles. The second kappa shape index (κ2) is 5.82. The van der Waals surface area contributed by atoms with Gasteiger partial charge in [0.25, 0.3) is 0 Å². The first-order valence-electron chi connectivity index (χ1n) is 4.73. The summed E-state index contributed by atoms with van der Waals surface area (Å²) >= 11 is 0. The van der Waals surface area contributed by atoms with E-state index in [9.17, 15) is 9.18 Å². The van der Waals surface area contributed by atoms with Gasteiger partial charge in [0.15, 0.2) is 0 Å². The van der Waals surface area contributed by atoms with Gasteiger partial charge in [0.2, 0.25) is 5.91 Å². The summed E-state index contributed by atoms with van der Waals surface area (Å²) in [5.41, 5.74) is 4.94. The quantitative estimate of drug-likeness (QED) is 0.859. The van der Waals surface area contributed by atoms with Gasteiger partial charge in [-0.15, -0.1) is 12.4 Å². The van der Waals surface area contributed by atoms with Crippen LogP contribution >= 0.6 is 12.4 Å². The van der Waals surface area contributed by atoms with Crippen molar-refractivity contribution in [2.45, 2.75) is 13.8 Å². The number of benzene rings is 1. The van der Waals surface area contributed by atoms with Crippen LogP contribution in [-0.4, -0.2) is 12.5 Å². The zero-order chi connectivity index (χ0) is 11.5. The summed E-state index contributed by atoms with van der Waals surface area (Å²) in [7, 11) is 0. The Labute approximate surface area is 101 Å². The highest BCUT2D eigenvalue weighted by Crippen LogP contribution is 2.18. The molecule has 0 bridgehead atoms. The van der Waals surface area contributed by atoms with E-state index < -0.39 is 11.2 Å². The first-order chi connectivity index (χ1) is 6.97. The minimum Gasteiger partial charge on any atom is -0.329 e. The van der Waals surface area contributed by atoms with Crippen LogP contribution in [0.25, 0.3) is 0 Å². The zero-order valence-corrected chi connectivity index (χ0v) is 10.1. The first-order valence-corrected chi connectivity index (χ1v) is 4.73. The predicted molar refractivity (Wildman–Crippen MR) is 65.1 cm³/mol. The Balaban J connectivity index is 0.00000225. The van der Waals surface area contributed by atoms with Gasteiger partial charge in [-0.1, -0.05) is 12.1 Å². The fourth-order valence-electron chi connectivity index (χ4n) is 0.947. The SMILES string of the molecule is CC(C)(CN)C(=O)Nc1ccccc1F.Cl. The summed E-state index contributed by atoms with van der Waals surface area (Å²) in [5, 5.41) is 2.51. The van der Waals surface area contributed by atoms with Crippen LogP contribution in [0.4, 0.5) is 10.1 Å².